The zero-order chi connectivity index (χ0) is 17.7. The summed E-state index contributed by atoms with van der Waals surface area (Å²) >= 11 is 0. The van der Waals surface area contributed by atoms with E-state index in [2.05, 4.69) is 0 Å². The van der Waals surface area contributed by atoms with Crippen molar-refractivity contribution < 1.29 is 32.4 Å². The second kappa shape index (κ2) is 5.94. The lowest BCUT2D eigenvalue weighted by Gasteiger charge is -2.49. The van der Waals surface area contributed by atoms with Gasteiger partial charge in [0.2, 0.25) is 5.79 Å². The molecule has 4 fully saturated rings. The maximum absolute atomic E-state index is 12.8. The fourth-order valence-electron chi connectivity index (χ4n) is 4.41. The van der Waals surface area contributed by atoms with Crippen LogP contribution >= 0.6 is 0 Å². The third-order valence-electron chi connectivity index (χ3n) is 5.78. The van der Waals surface area contributed by atoms with E-state index in [1.54, 1.807) is 7.11 Å². The van der Waals surface area contributed by atoms with Gasteiger partial charge in [0.15, 0.2) is 11.9 Å². The molecule has 0 radical (unpaired) electrons. The van der Waals surface area contributed by atoms with Crippen LogP contribution < -0.4 is 0 Å². The van der Waals surface area contributed by atoms with Crippen molar-refractivity contribution in [2.24, 2.45) is 5.92 Å². The lowest BCUT2D eigenvalue weighted by Crippen LogP contribution is -2.59. The Morgan fingerprint density at radius 1 is 1.04 bits per heavy atom. The molecule has 0 aromatic heterocycles. The average Bonchev–Trinajstić information content (AvgIpc) is 2.87. The zero-order valence-electron chi connectivity index (χ0n) is 14.0. The molecule has 4 aliphatic rings. The van der Waals surface area contributed by atoms with E-state index in [9.17, 15) is 13.2 Å². The zero-order valence-corrected chi connectivity index (χ0v) is 14.0. The van der Waals surface area contributed by atoms with Gasteiger partial charge >= 0.3 is 6.18 Å². The molecule has 4 nitrogen and oxygen atoms in total. The predicted octanol–water partition coefficient (Wildman–Crippen LogP) is 4.53. The Bertz CT molecular complexity index is 628. The van der Waals surface area contributed by atoms with Crippen molar-refractivity contribution in [1.29, 1.82) is 0 Å². The van der Waals surface area contributed by atoms with Gasteiger partial charge in [-0.05, 0) is 37.3 Å². The Morgan fingerprint density at radius 3 is 2.48 bits per heavy atom. The first kappa shape index (κ1) is 17.3. The molecular weight excluding hydrogens is 337 g/mol. The van der Waals surface area contributed by atoms with Gasteiger partial charge in [0, 0.05) is 19.1 Å². The SMILES string of the molecule is CO[C@@H]1O[C@@]2(c3ccc(C(F)(F)F)cc3)CC[C@H]3CCCC[C@]31OO2. The predicted molar refractivity (Wildman–Crippen MR) is 81.1 cm³/mol. The highest BCUT2D eigenvalue weighted by Crippen LogP contribution is 2.55. The number of fused-ring (bicyclic) bond motifs is 3. The molecule has 3 saturated heterocycles. The third-order valence-corrected chi connectivity index (χ3v) is 5.78. The van der Waals surface area contributed by atoms with Gasteiger partial charge in [-0.3, -0.25) is 0 Å². The number of hydrogen-bond donors (Lipinski definition) is 0. The molecule has 1 aromatic carbocycles. The highest BCUT2D eigenvalue weighted by molar-refractivity contribution is 5.28. The van der Waals surface area contributed by atoms with Crippen LogP contribution in [-0.4, -0.2) is 19.0 Å². The number of hydrogen-bond acceptors (Lipinski definition) is 4. The topological polar surface area (TPSA) is 36.9 Å². The van der Waals surface area contributed by atoms with E-state index < -0.39 is 29.4 Å². The van der Waals surface area contributed by atoms with Gasteiger partial charge in [-0.25, -0.2) is 4.89 Å². The molecule has 0 amide bonds. The van der Waals surface area contributed by atoms with E-state index >= 15 is 0 Å². The first-order chi connectivity index (χ1) is 11.9. The summed E-state index contributed by atoms with van der Waals surface area (Å²) in [5.41, 5.74) is -0.818. The Balaban J connectivity index is 1.68. The molecule has 4 atom stereocenters. The fraction of sp³-hybridized carbons (Fsp3) is 0.667. The van der Waals surface area contributed by atoms with Crippen LogP contribution in [0, 0.1) is 5.92 Å². The molecule has 3 aliphatic heterocycles. The maximum Gasteiger partial charge on any atom is 0.416 e. The van der Waals surface area contributed by atoms with Crippen molar-refractivity contribution in [3.63, 3.8) is 0 Å². The molecule has 5 rings (SSSR count). The van der Waals surface area contributed by atoms with Crippen LogP contribution in [0.2, 0.25) is 0 Å². The highest BCUT2D eigenvalue weighted by Gasteiger charge is 2.61. The molecule has 1 saturated carbocycles. The van der Waals surface area contributed by atoms with Gasteiger partial charge in [0.25, 0.3) is 0 Å². The van der Waals surface area contributed by atoms with E-state index in [0.29, 0.717) is 12.0 Å². The molecule has 25 heavy (non-hydrogen) atoms. The van der Waals surface area contributed by atoms with Crippen molar-refractivity contribution >= 4 is 0 Å². The Kier molecular flexibility index (Phi) is 4.11. The minimum atomic E-state index is -4.38. The second-order valence-electron chi connectivity index (χ2n) is 7.12. The maximum atomic E-state index is 12.8. The molecule has 2 bridgehead atoms. The number of halogens is 3. The number of alkyl halides is 3. The number of benzene rings is 1. The van der Waals surface area contributed by atoms with Crippen molar-refractivity contribution in [2.75, 3.05) is 7.11 Å². The summed E-state index contributed by atoms with van der Waals surface area (Å²) < 4.78 is 50.2. The number of methoxy groups -OCH3 is 1. The van der Waals surface area contributed by atoms with Gasteiger partial charge in [0.1, 0.15) is 0 Å². The third kappa shape index (κ3) is 2.68. The quantitative estimate of drug-likeness (QED) is 0.728. The largest absolute Gasteiger partial charge is 0.416 e. The van der Waals surface area contributed by atoms with Crippen LogP contribution in [0.5, 0.6) is 0 Å². The van der Waals surface area contributed by atoms with E-state index in [0.717, 1.165) is 44.2 Å². The standard InChI is InChI=1S/C18H21F3O4/c1-22-15-16-10-3-2-4-12(16)9-11-17(23-15,25-24-16)13-5-7-14(8-6-13)18(19,20)21/h5-8,12,15H,2-4,9-11H2,1H3/t12-,15-,16+,17+/m1/s1. The van der Waals surface area contributed by atoms with Crippen LogP contribution in [0.3, 0.4) is 0 Å². The van der Waals surface area contributed by atoms with Crippen molar-refractivity contribution in [3.8, 4) is 0 Å². The summed E-state index contributed by atoms with van der Waals surface area (Å²) in [6.07, 6.45) is 0.297. The van der Waals surface area contributed by atoms with E-state index in [1.807, 2.05) is 0 Å². The second-order valence-corrected chi connectivity index (χ2v) is 7.12. The van der Waals surface area contributed by atoms with E-state index in [4.69, 9.17) is 19.2 Å². The molecule has 0 N–H and O–H groups in total. The summed E-state index contributed by atoms with van der Waals surface area (Å²) in [6.45, 7) is 0. The van der Waals surface area contributed by atoms with Gasteiger partial charge < -0.3 is 9.47 Å². The van der Waals surface area contributed by atoms with Gasteiger partial charge in [-0.15, -0.1) is 0 Å². The molecule has 1 aromatic rings. The monoisotopic (exact) mass is 358 g/mol. The van der Waals surface area contributed by atoms with E-state index in [-0.39, 0.29) is 5.92 Å². The molecule has 1 aliphatic carbocycles. The summed E-state index contributed by atoms with van der Waals surface area (Å²) in [4.78, 5) is 11.6. The molecule has 138 valence electrons. The van der Waals surface area contributed by atoms with Gasteiger partial charge in [-0.2, -0.15) is 18.1 Å². The van der Waals surface area contributed by atoms with Gasteiger partial charge in [-0.1, -0.05) is 25.0 Å². The van der Waals surface area contributed by atoms with Crippen molar-refractivity contribution in [2.45, 2.75) is 62.4 Å². The number of ether oxygens (including phenoxy) is 2. The molecular formula is C18H21F3O4. The van der Waals surface area contributed by atoms with Crippen LogP contribution in [0.1, 0.15) is 49.7 Å². The first-order valence-corrected chi connectivity index (χ1v) is 8.65. The van der Waals surface area contributed by atoms with E-state index in [1.165, 1.54) is 12.1 Å². The minimum Gasteiger partial charge on any atom is -0.353 e. The van der Waals surface area contributed by atoms with Crippen LogP contribution in [0.4, 0.5) is 13.2 Å². The summed E-state index contributed by atoms with van der Waals surface area (Å²) in [5.74, 6) is -0.974. The fourth-order valence-corrected chi connectivity index (χ4v) is 4.41. The van der Waals surface area contributed by atoms with Crippen LogP contribution in [0.15, 0.2) is 24.3 Å². The van der Waals surface area contributed by atoms with Crippen LogP contribution in [-0.2, 0) is 31.2 Å². The van der Waals surface area contributed by atoms with Crippen molar-refractivity contribution in [3.05, 3.63) is 35.4 Å². The summed E-state index contributed by atoms with van der Waals surface area (Å²) in [6, 6.07) is 4.87. The minimum absolute atomic E-state index is 0.255. The first-order valence-electron chi connectivity index (χ1n) is 8.65. The Morgan fingerprint density at radius 2 is 1.80 bits per heavy atom. The Labute approximate surface area is 144 Å². The number of rotatable bonds is 2. The molecule has 3 heterocycles. The van der Waals surface area contributed by atoms with Gasteiger partial charge in [0.05, 0.1) is 5.56 Å². The lowest BCUT2D eigenvalue weighted by molar-refractivity contribution is -0.558. The Hall–Kier alpha value is -1.15. The molecule has 1 spiro atoms. The molecule has 7 heteroatoms. The molecule has 0 unspecified atom stereocenters. The summed E-state index contributed by atoms with van der Waals surface area (Å²) in [7, 11) is 1.57. The van der Waals surface area contributed by atoms with Crippen molar-refractivity contribution in [1.82, 2.24) is 0 Å². The normalized spacial score (nSPS) is 38.2. The highest BCUT2D eigenvalue weighted by atomic mass is 19.4. The smallest absolute Gasteiger partial charge is 0.353 e. The summed E-state index contributed by atoms with van der Waals surface area (Å²) in [5, 5.41) is 0. The lowest BCUT2D eigenvalue weighted by atomic mass is 9.73. The average molecular weight is 358 g/mol. The van der Waals surface area contributed by atoms with Crippen LogP contribution in [0.25, 0.3) is 0 Å².